The number of ether oxygens (including phenoxy) is 1. The number of aliphatic carboxylic acids is 1. The van der Waals surface area contributed by atoms with E-state index in [2.05, 4.69) is 31.2 Å². The van der Waals surface area contributed by atoms with Crippen LogP contribution in [0.1, 0.15) is 51.9 Å². The van der Waals surface area contributed by atoms with Crippen LogP contribution in [0.25, 0.3) is 0 Å². The highest BCUT2D eigenvalue weighted by Crippen LogP contribution is 2.25. The van der Waals surface area contributed by atoms with Crippen LogP contribution in [0.2, 0.25) is 0 Å². The van der Waals surface area contributed by atoms with Gasteiger partial charge in [0.1, 0.15) is 6.10 Å². The lowest BCUT2D eigenvalue weighted by Crippen LogP contribution is -2.26. The van der Waals surface area contributed by atoms with Crippen LogP contribution in [0.4, 0.5) is 0 Å². The van der Waals surface area contributed by atoms with E-state index >= 15 is 0 Å². The molecule has 1 aliphatic heterocycles. The van der Waals surface area contributed by atoms with E-state index in [-0.39, 0.29) is 19.3 Å². The summed E-state index contributed by atoms with van der Waals surface area (Å²) in [5.41, 5.74) is 0. The molecule has 0 unspecified atom stereocenters. The predicted molar refractivity (Wildman–Crippen MR) is 109 cm³/mol. The van der Waals surface area contributed by atoms with Crippen molar-refractivity contribution in [2.24, 2.45) is 0 Å². The molecule has 6 nitrogen and oxygen atoms in total. The van der Waals surface area contributed by atoms with Crippen molar-refractivity contribution in [2.75, 3.05) is 0 Å². The van der Waals surface area contributed by atoms with Gasteiger partial charge in [0.05, 0.1) is 24.4 Å². The molecule has 0 amide bonds. The molecule has 0 aromatic heterocycles. The van der Waals surface area contributed by atoms with Crippen molar-refractivity contribution in [3.8, 4) is 0 Å². The van der Waals surface area contributed by atoms with E-state index in [1.807, 2.05) is 12.2 Å². The van der Waals surface area contributed by atoms with Crippen molar-refractivity contribution >= 4 is 5.97 Å². The summed E-state index contributed by atoms with van der Waals surface area (Å²) in [7, 11) is 0. The lowest BCUT2D eigenvalue weighted by molar-refractivity contribution is -0.138. The maximum Gasteiger partial charge on any atom is 0.303 e. The molecule has 1 heterocycles. The van der Waals surface area contributed by atoms with Crippen LogP contribution >= 0.6 is 0 Å². The van der Waals surface area contributed by atoms with Crippen molar-refractivity contribution in [3.05, 3.63) is 48.6 Å². The third-order valence-corrected chi connectivity index (χ3v) is 4.45. The van der Waals surface area contributed by atoms with E-state index in [0.29, 0.717) is 6.42 Å². The van der Waals surface area contributed by atoms with Gasteiger partial charge >= 0.3 is 5.97 Å². The van der Waals surface area contributed by atoms with E-state index in [4.69, 9.17) is 9.84 Å². The zero-order valence-electron chi connectivity index (χ0n) is 16.6. The summed E-state index contributed by atoms with van der Waals surface area (Å²) in [4.78, 5) is 10.6. The highest BCUT2D eigenvalue weighted by atomic mass is 16.5. The summed E-state index contributed by atoms with van der Waals surface area (Å²) < 4.78 is 5.59. The number of carboxylic acid groups (broad SMARTS) is 1. The van der Waals surface area contributed by atoms with Crippen LogP contribution in [0.3, 0.4) is 0 Å². The summed E-state index contributed by atoms with van der Waals surface area (Å²) in [6, 6.07) is 0. The first-order chi connectivity index (χ1) is 13.4. The second kappa shape index (κ2) is 14.3. The normalized spacial score (nSPS) is 25.5. The fourth-order valence-electron chi connectivity index (χ4n) is 2.86. The summed E-state index contributed by atoms with van der Waals surface area (Å²) in [5, 5.41) is 38.7. The van der Waals surface area contributed by atoms with Crippen molar-refractivity contribution in [1.29, 1.82) is 0 Å². The third kappa shape index (κ3) is 10.6. The maximum atomic E-state index is 10.6. The van der Waals surface area contributed by atoms with Gasteiger partial charge in [0.2, 0.25) is 0 Å². The van der Waals surface area contributed by atoms with Crippen LogP contribution in [0, 0.1) is 0 Å². The van der Waals surface area contributed by atoms with Gasteiger partial charge in [-0.15, -0.1) is 0 Å². The fourth-order valence-corrected chi connectivity index (χ4v) is 2.86. The molecule has 158 valence electrons. The molecule has 0 radical (unpaired) electrons. The Bertz CT molecular complexity index is 551. The fraction of sp³-hybridized carbons (Fsp3) is 0.591. The molecule has 0 saturated carbocycles. The number of allylic oxidation sites excluding steroid dienone is 5. The Kier molecular flexibility index (Phi) is 12.4. The molecule has 6 heteroatoms. The standard InChI is InChI=1S/C22H34O6/c1-2-3-4-5-6-7-8-9-10-11-17(23)12-14-20-19(25)16-21(28-20)18(24)13-15-22(26)27/h3-4,6-7,9-10,12,14,17-21,23-25H,2,5,8,11,13,15-16H2,1H3,(H,26,27)/b4-3-,7-6-,10-9-,14-12+/t17-,18+,19+,20+,21+/m0/s1. The maximum absolute atomic E-state index is 10.6. The molecule has 5 atom stereocenters. The molecule has 28 heavy (non-hydrogen) atoms. The molecule has 1 fully saturated rings. The van der Waals surface area contributed by atoms with Gasteiger partial charge in [-0.25, -0.2) is 0 Å². The molecule has 1 rings (SSSR count). The Morgan fingerprint density at radius 3 is 2.39 bits per heavy atom. The Balaban J connectivity index is 2.29. The molecule has 0 aromatic carbocycles. The van der Waals surface area contributed by atoms with E-state index in [9.17, 15) is 20.1 Å². The second-order valence-corrected chi connectivity index (χ2v) is 6.92. The molecule has 0 bridgehead atoms. The Hall–Kier alpha value is -1.73. The lowest BCUT2D eigenvalue weighted by atomic mass is 10.0. The van der Waals surface area contributed by atoms with Gasteiger partial charge in [-0.05, 0) is 32.1 Å². The molecule has 1 aliphatic rings. The van der Waals surface area contributed by atoms with Crippen LogP contribution in [-0.4, -0.2) is 56.9 Å². The van der Waals surface area contributed by atoms with E-state index in [0.717, 1.165) is 19.3 Å². The largest absolute Gasteiger partial charge is 0.481 e. The molecular weight excluding hydrogens is 360 g/mol. The Labute approximate surface area is 167 Å². The first kappa shape index (κ1) is 24.3. The van der Waals surface area contributed by atoms with Crippen LogP contribution in [0.15, 0.2) is 48.6 Å². The van der Waals surface area contributed by atoms with Crippen molar-refractivity contribution in [3.63, 3.8) is 0 Å². The molecular formula is C22H34O6. The number of carboxylic acids is 1. The van der Waals surface area contributed by atoms with Crippen LogP contribution in [-0.2, 0) is 9.53 Å². The van der Waals surface area contributed by atoms with Gasteiger partial charge < -0.3 is 25.2 Å². The SMILES string of the molecule is CC/C=C\C/C=C\C/C=C\C[C@H](O)/C=C/[C@H]1O[C@@H]([C@H](O)CCC(=O)O)C[C@H]1O. The van der Waals surface area contributed by atoms with Crippen molar-refractivity contribution < 1.29 is 30.0 Å². The average molecular weight is 395 g/mol. The third-order valence-electron chi connectivity index (χ3n) is 4.45. The molecule has 1 saturated heterocycles. The summed E-state index contributed by atoms with van der Waals surface area (Å²) in [6.45, 7) is 2.10. The number of hydrogen-bond acceptors (Lipinski definition) is 5. The Morgan fingerprint density at radius 1 is 1.11 bits per heavy atom. The highest BCUT2D eigenvalue weighted by Gasteiger charge is 2.36. The van der Waals surface area contributed by atoms with Gasteiger partial charge in [-0.3, -0.25) is 4.79 Å². The number of aliphatic hydroxyl groups excluding tert-OH is 3. The monoisotopic (exact) mass is 394 g/mol. The highest BCUT2D eigenvalue weighted by molar-refractivity contribution is 5.66. The first-order valence-corrected chi connectivity index (χ1v) is 9.98. The Morgan fingerprint density at radius 2 is 1.75 bits per heavy atom. The molecule has 4 N–H and O–H groups in total. The number of rotatable bonds is 13. The van der Waals surface area contributed by atoms with Crippen LogP contribution < -0.4 is 0 Å². The van der Waals surface area contributed by atoms with E-state index < -0.39 is 36.5 Å². The number of carbonyl (C=O) groups is 1. The van der Waals surface area contributed by atoms with Gasteiger partial charge in [-0.2, -0.15) is 0 Å². The molecule has 0 aromatic rings. The van der Waals surface area contributed by atoms with E-state index in [1.54, 1.807) is 12.2 Å². The second-order valence-electron chi connectivity index (χ2n) is 6.92. The van der Waals surface area contributed by atoms with Gasteiger partial charge in [-0.1, -0.05) is 55.5 Å². The predicted octanol–water partition coefficient (Wildman–Crippen LogP) is 2.90. The van der Waals surface area contributed by atoms with Gasteiger partial charge in [0.15, 0.2) is 0 Å². The van der Waals surface area contributed by atoms with Gasteiger partial charge in [0.25, 0.3) is 0 Å². The lowest BCUT2D eigenvalue weighted by Gasteiger charge is -2.17. The minimum absolute atomic E-state index is 0.0832. The van der Waals surface area contributed by atoms with Crippen molar-refractivity contribution in [2.45, 2.75) is 82.4 Å². The molecule has 0 aliphatic carbocycles. The van der Waals surface area contributed by atoms with Crippen molar-refractivity contribution in [1.82, 2.24) is 0 Å². The smallest absolute Gasteiger partial charge is 0.303 e. The minimum atomic E-state index is -0.978. The molecule has 0 spiro atoms. The number of aliphatic hydroxyl groups is 3. The zero-order chi connectivity index (χ0) is 20.8. The summed E-state index contributed by atoms with van der Waals surface area (Å²) in [5.74, 6) is -0.978. The van der Waals surface area contributed by atoms with Crippen LogP contribution in [0.5, 0.6) is 0 Å². The average Bonchev–Trinajstić information content (AvgIpc) is 3.04. The minimum Gasteiger partial charge on any atom is -0.481 e. The van der Waals surface area contributed by atoms with E-state index in [1.165, 1.54) is 0 Å². The quantitative estimate of drug-likeness (QED) is 0.358. The number of hydrogen-bond donors (Lipinski definition) is 4. The summed E-state index contributed by atoms with van der Waals surface area (Å²) >= 11 is 0. The zero-order valence-corrected chi connectivity index (χ0v) is 16.6. The summed E-state index contributed by atoms with van der Waals surface area (Å²) in [6.07, 6.45) is 15.4. The van der Waals surface area contributed by atoms with Gasteiger partial charge in [0, 0.05) is 12.8 Å². The topological polar surface area (TPSA) is 107 Å². The first-order valence-electron chi connectivity index (χ1n) is 9.98.